The Balaban J connectivity index is 1.58. The van der Waals surface area contributed by atoms with E-state index in [1.54, 1.807) is 36.4 Å². The molecule has 0 bridgehead atoms. The predicted octanol–water partition coefficient (Wildman–Crippen LogP) is 2.42. The summed E-state index contributed by atoms with van der Waals surface area (Å²) in [5, 5.41) is 2.26. The van der Waals surface area contributed by atoms with E-state index < -0.39 is 24.5 Å². The summed E-state index contributed by atoms with van der Waals surface area (Å²) in [6.07, 6.45) is 1.52. The number of para-hydroxylation sites is 1. The lowest BCUT2D eigenvalue weighted by Crippen LogP contribution is -2.43. The Morgan fingerprint density at radius 3 is 2.65 bits per heavy atom. The number of ether oxygens (including phenoxy) is 1. The topological polar surface area (TPSA) is 88.8 Å². The zero-order chi connectivity index (χ0) is 18.5. The molecule has 2 heterocycles. The van der Waals surface area contributed by atoms with Crippen LogP contribution in [0.2, 0.25) is 0 Å². The molecule has 1 fully saturated rings. The van der Waals surface area contributed by atoms with E-state index in [-0.39, 0.29) is 11.3 Å². The van der Waals surface area contributed by atoms with Crippen LogP contribution in [0.25, 0.3) is 0 Å². The zero-order valence-electron chi connectivity index (χ0n) is 14.1. The van der Waals surface area contributed by atoms with Crippen LogP contribution in [0, 0.1) is 0 Å². The smallest absolute Gasteiger partial charge is 0.330 e. The largest absolute Gasteiger partial charge is 0.466 e. The number of esters is 1. The molecule has 2 amide bonds. The van der Waals surface area contributed by atoms with Gasteiger partial charge in [0.1, 0.15) is 17.2 Å². The first-order valence-corrected chi connectivity index (χ1v) is 9.06. The van der Waals surface area contributed by atoms with Gasteiger partial charge in [0, 0.05) is 18.4 Å². The van der Waals surface area contributed by atoms with Crippen molar-refractivity contribution in [2.24, 2.45) is 0 Å². The third kappa shape index (κ3) is 4.08. The number of nitrogens with one attached hydrogen (secondary N) is 1. The highest BCUT2D eigenvalue weighted by atomic mass is 32.2. The second kappa shape index (κ2) is 8.09. The standard InChI is InChI=1S/C18H18N2O5S/c1-12(21)20-14(11-26-17(20)15-8-5-9-24-15)18(23)25-10-16(22)19-13-6-3-2-4-7-13/h2-9,14,17H,10-11H2,1H3,(H,19,22)/t14-,17+/m0/s1. The Bertz CT molecular complexity index is 778. The van der Waals surface area contributed by atoms with E-state index in [0.717, 1.165) is 0 Å². The number of anilines is 1. The maximum atomic E-state index is 12.4. The molecule has 136 valence electrons. The van der Waals surface area contributed by atoms with Gasteiger partial charge >= 0.3 is 5.97 Å². The number of hydrogen-bond donors (Lipinski definition) is 1. The van der Waals surface area contributed by atoms with Crippen LogP contribution < -0.4 is 5.32 Å². The predicted molar refractivity (Wildman–Crippen MR) is 96.2 cm³/mol. The number of carbonyl (C=O) groups is 3. The van der Waals surface area contributed by atoms with Crippen molar-refractivity contribution in [1.82, 2.24) is 4.90 Å². The highest BCUT2D eigenvalue weighted by Gasteiger charge is 2.43. The Morgan fingerprint density at radius 1 is 1.23 bits per heavy atom. The quantitative estimate of drug-likeness (QED) is 0.809. The number of nitrogens with zero attached hydrogens (tertiary/aromatic N) is 1. The van der Waals surface area contributed by atoms with Crippen LogP contribution in [0.5, 0.6) is 0 Å². The second-order valence-electron chi connectivity index (χ2n) is 5.67. The lowest BCUT2D eigenvalue weighted by molar-refractivity contribution is -0.155. The van der Waals surface area contributed by atoms with Crippen molar-refractivity contribution in [2.75, 3.05) is 17.7 Å². The van der Waals surface area contributed by atoms with Gasteiger partial charge in [-0.2, -0.15) is 0 Å². The molecule has 1 aliphatic heterocycles. The van der Waals surface area contributed by atoms with Crippen LogP contribution in [0.4, 0.5) is 5.69 Å². The third-order valence-electron chi connectivity index (χ3n) is 3.83. The van der Waals surface area contributed by atoms with Crippen molar-refractivity contribution in [3.8, 4) is 0 Å². The summed E-state index contributed by atoms with van der Waals surface area (Å²) in [5.41, 5.74) is 0.619. The first kappa shape index (κ1) is 18.1. The highest BCUT2D eigenvalue weighted by Crippen LogP contribution is 2.41. The third-order valence-corrected chi connectivity index (χ3v) is 5.11. The van der Waals surface area contributed by atoms with E-state index in [4.69, 9.17) is 9.15 Å². The molecule has 0 unspecified atom stereocenters. The number of hydrogen-bond acceptors (Lipinski definition) is 6. The molecule has 8 heteroatoms. The monoisotopic (exact) mass is 374 g/mol. The number of thioether (sulfide) groups is 1. The van der Waals surface area contributed by atoms with Crippen LogP contribution in [-0.2, 0) is 19.1 Å². The molecule has 1 saturated heterocycles. The maximum absolute atomic E-state index is 12.4. The number of carbonyl (C=O) groups excluding carboxylic acids is 3. The number of furan rings is 1. The van der Waals surface area contributed by atoms with Crippen molar-refractivity contribution in [3.05, 3.63) is 54.5 Å². The van der Waals surface area contributed by atoms with Gasteiger partial charge in [-0.25, -0.2) is 4.79 Å². The minimum absolute atomic E-state index is 0.257. The number of benzene rings is 1. The maximum Gasteiger partial charge on any atom is 0.330 e. The summed E-state index contributed by atoms with van der Waals surface area (Å²) < 4.78 is 10.5. The highest BCUT2D eigenvalue weighted by molar-refractivity contribution is 7.99. The van der Waals surface area contributed by atoms with E-state index in [2.05, 4.69) is 5.32 Å². The van der Waals surface area contributed by atoms with Crippen LogP contribution in [0.15, 0.2) is 53.1 Å². The van der Waals surface area contributed by atoms with Gasteiger partial charge in [0.05, 0.1) is 6.26 Å². The Labute approximate surface area is 154 Å². The Hall–Kier alpha value is -2.74. The van der Waals surface area contributed by atoms with Gasteiger partial charge in [-0.05, 0) is 24.3 Å². The molecule has 0 spiro atoms. The number of amides is 2. The summed E-state index contributed by atoms with van der Waals surface area (Å²) >= 11 is 1.42. The van der Waals surface area contributed by atoms with Crippen LogP contribution in [0.1, 0.15) is 18.1 Å². The molecule has 1 aromatic heterocycles. The fourth-order valence-corrected chi connectivity index (χ4v) is 4.09. The zero-order valence-corrected chi connectivity index (χ0v) is 14.9. The molecule has 7 nitrogen and oxygen atoms in total. The van der Waals surface area contributed by atoms with Crippen molar-refractivity contribution < 1.29 is 23.5 Å². The molecule has 26 heavy (non-hydrogen) atoms. The average molecular weight is 374 g/mol. The summed E-state index contributed by atoms with van der Waals surface area (Å²) in [7, 11) is 0. The molecule has 0 saturated carbocycles. The van der Waals surface area contributed by atoms with Crippen LogP contribution in [0.3, 0.4) is 0 Å². The van der Waals surface area contributed by atoms with Gasteiger partial charge < -0.3 is 19.4 Å². The first-order chi connectivity index (χ1) is 12.6. The SMILES string of the molecule is CC(=O)N1[C@@H](c2ccco2)SC[C@H]1C(=O)OCC(=O)Nc1ccccc1. The van der Waals surface area contributed by atoms with Gasteiger partial charge in [-0.1, -0.05) is 18.2 Å². The minimum Gasteiger partial charge on any atom is -0.466 e. The molecule has 0 aliphatic carbocycles. The van der Waals surface area contributed by atoms with Crippen LogP contribution in [-0.4, -0.2) is 41.1 Å². The molecule has 1 N–H and O–H groups in total. The molecule has 2 atom stereocenters. The fourth-order valence-electron chi connectivity index (χ4n) is 2.67. The first-order valence-electron chi connectivity index (χ1n) is 8.01. The Morgan fingerprint density at radius 2 is 2.00 bits per heavy atom. The molecule has 0 radical (unpaired) electrons. The number of rotatable bonds is 5. The lowest BCUT2D eigenvalue weighted by atomic mass is 10.2. The normalized spacial score (nSPS) is 19.2. The minimum atomic E-state index is -0.753. The van der Waals surface area contributed by atoms with E-state index in [1.807, 2.05) is 6.07 Å². The van der Waals surface area contributed by atoms with Gasteiger partial charge in [0.2, 0.25) is 5.91 Å². The van der Waals surface area contributed by atoms with Crippen molar-refractivity contribution >= 4 is 35.2 Å². The van der Waals surface area contributed by atoms with Crippen molar-refractivity contribution in [1.29, 1.82) is 0 Å². The van der Waals surface area contributed by atoms with Crippen LogP contribution >= 0.6 is 11.8 Å². The summed E-state index contributed by atoms with van der Waals surface area (Å²) in [6.45, 7) is 0.982. The molecular formula is C18H18N2O5S. The van der Waals surface area contributed by atoms with E-state index >= 15 is 0 Å². The molecule has 1 aromatic carbocycles. The van der Waals surface area contributed by atoms with E-state index in [1.165, 1.54) is 29.8 Å². The van der Waals surface area contributed by atoms with Gasteiger partial charge in [-0.15, -0.1) is 11.8 Å². The van der Waals surface area contributed by atoms with E-state index in [0.29, 0.717) is 17.2 Å². The molecule has 2 aromatic rings. The Kier molecular flexibility index (Phi) is 5.62. The molecule has 1 aliphatic rings. The van der Waals surface area contributed by atoms with Gasteiger partial charge in [0.15, 0.2) is 6.61 Å². The van der Waals surface area contributed by atoms with E-state index in [9.17, 15) is 14.4 Å². The summed E-state index contributed by atoms with van der Waals surface area (Å²) in [4.78, 5) is 37.8. The van der Waals surface area contributed by atoms with Crippen molar-refractivity contribution in [3.63, 3.8) is 0 Å². The lowest BCUT2D eigenvalue weighted by Gasteiger charge is -2.25. The average Bonchev–Trinajstić information content (AvgIpc) is 3.29. The van der Waals surface area contributed by atoms with Gasteiger partial charge in [0.25, 0.3) is 5.91 Å². The second-order valence-corrected chi connectivity index (χ2v) is 6.78. The van der Waals surface area contributed by atoms with Gasteiger partial charge in [-0.3, -0.25) is 9.59 Å². The summed E-state index contributed by atoms with van der Waals surface area (Å²) in [6, 6.07) is 11.6. The fraction of sp³-hybridized carbons (Fsp3) is 0.278. The molecule has 3 rings (SSSR count). The van der Waals surface area contributed by atoms with Crippen molar-refractivity contribution in [2.45, 2.75) is 18.3 Å². The summed E-state index contributed by atoms with van der Waals surface area (Å²) in [5.74, 6) is -0.323. The molecular weight excluding hydrogens is 356 g/mol.